The molecule has 1 aromatic heterocycles. The second-order valence-corrected chi connectivity index (χ2v) is 2.76. The molecule has 2 aromatic rings. The van der Waals surface area contributed by atoms with E-state index in [0.717, 1.165) is 5.56 Å². The van der Waals surface area contributed by atoms with E-state index in [2.05, 4.69) is 4.98 Å². The highest BCUT2D eigenvalue weighted by Gasteiger charge is 2.02. The van der Waals surface area contributed by atoms with Crippen LogP contribution in [0.15, 0.2) is 41.0 Å². The van der Waals surface area contributed by atoms with Crippen LogP contribution in [0.3, 0.4) is 0 Å². The quantitative estimate of drug-likeness (QED) is 0.759. The third kappa shape index (κ3) is 1.87. The monoisotopic (exact) mass is 175 g/mol. The molecule has 0 atom stereocenters. The number of oxazole rings is 1. The Morgan fingerprint density at radius 1 is 1.23 bits per heavy atom. The van der Waals surface area contributed by atoms with Crippen LogP contribution in [0.4, 0.5) is 0 Å². The molecule has 0 radical (unpaired) electrons. The van der Waals surface area contributed by atoms with Crippen molar-refractivity contribution in [2.45, 2.75) is 6.42 Å². The zero-order valence-corrected chi connectivity index (χ0v) is 6.97. The van der Waals surface area contributed by atoms with E-state index in [1.54, 1.807) is 0 Å². The van der Waals surface area contributed by atoms with Gasteiger partial charge in [-0.05, 0) is 5.56 Å². The van der Waals surface area contributed by atoms with Crippen molar-refractivity contribution in [3.05, 3.63) is 48.0 Å². The predicted octanol–water partition coefficient (Wildman–Crippen LogP) is 1.97. The van der Waals surface area contributed by atoms with Gasteiger partial charge in [0.25, 0.3) is 0 Å². The van der Waals surface area contributed by atoms with Crippen LogP contribution in [-0.2, 0) is 6.42 Å². The number of benzene rings is 1. The molecule has 0 saturated heterocycles. The van der Waals surface area contributed by atoms with Crippen molar-refractivity contribution in [2.24, 2.45) is 0 Å². The molecule has 1 aromatic carbocycles. The van der Waals surface area contributed by atoms with Crippen LogP contribution in [0.25, 0.3) is 0 Å². The van der Waals surface area contributed by atoms with Gasteiger partial charge < -0.3 is 9.52 Å². The summed E-state index contributed by atoms with van der Waals surface area (Å²) in [6.45, 7) is 0. The Morgan fingerprint density at radius 2 is 2.00 bits per heavy atom. The molecule has 0 saturated carbocycles. The Kier molecular flexibility index (Phi) is 2.00. The van der Waals surface area contributed by atoms with Gasteiger partial charge in [-0.2, -0.15) is 4.98 Å². The Hall–Kier alpha value is -1.77. The van der Waals surface area contributed by atoms with Gasteiger partial charge in [-0.15, -0.1) is 0 Å². The van der Waals surface area contributed by atoms with Crippen LogP contribution in [0, 0.1) is 0 Å². The molecule has 0 bridgehead atoms. The van der Waals surface area contributed by atoms with Crippen LogP contribution in [0.2, 0.25) is 0 Å². The van der Waals surface area contributed by atoms with E-state index >= 15 is 0 Å². The van der Waals surface area contributed by atoms with Crippen molar-refractivity contribution >= 4 is 0 Å². The molecule has 3 heteroatoms. The molecule has 2 rings (SSSR count). The molecule has 13 heavy (non-hydrogen) atoms. The molecule has 0 aliphatic rings. The smallest absolute Gasteiger partial charge is 0.250 e. The predicted molar refractivity (Wildman–Crippen MR) is 47.4 cm³/mol. The number of aromatic nitrogens is 1. The van der Waals surface area contributed by atoms with Crippen LogP contribution >= 0.6 is 0 Å². The normalized spacial score (nSPS) is 10.2. The maximum Gasteiger partial charge on any atom is 0.250 e. The number of hydrogen-bond donors (Lipinski definition) is 1. The largest absolute Gasteiger partial charge is 0.491 e. The molecule has 66 valence electrons. The van der Waals surface area contributed by atoms with E-state index in [4.69, 9.17) is 9.52 Å². The maximum absolute atomic E-state index is 8.93. The first-order chi connectivity index (χ1) is 6.34. The van der Waals surface area contributed by atoms with Gasteiger partial charge in [0, 0.05) is 6.42 Å². The highest BCUT2D eigenvalue weighted by molar-refractivity contribution is 5.18. The first kappa shape index (κ1) is 7.86. The fourth-order valence-electron chi connectivity index (χ4n) is 1.15. The van der Waals surface area contributed by atoms with Gasteiger partial charge in [0.15, 0.2) is 6.26 Å². The summed E-state index contributed by atoms with van der Waals surface area (Å²) in [7, 11) is 0. The number of hydrogen-bond acceptors (Lipinski definition) is 3. The topological polar surface area (TPSA) is 46.3 Å². The summed E-state index contributed by atoms with van der Waals surface area (Å²) in [5.74, 6) is 0.467. The van der Waals surface area contributed by atoms with Gasteiger partial charge in [-0.3, -0.25) is 0 Å². The zero-order chi connectivity index (χ0) is 9.10. The third-order valence-electron chi connectivity index (χ3n) is 1.74. The number of nitrogens with zero attached hydrogens (tertiary/aromatic N) is 1. The molecule has 0 spiro atoms. The summed E-state index contributed by atoms with van der Waals surface area (Å²) in [6.07, 6.45) is 1.85. The fraction of sp³-hybridized carbons (Fsp3) is 0.100. The van der Waals surface area contributed by atoms with Crippen molar-refractivity contribution in [1.82, 2.24) is 4.98 Å². The second kappa shape index (κ2) is 3.31. The first-order valence-corrected chi connectivity index (χ1v) is 4.02. The summed E-state index contributed by atoms with van der Waals surface area (Å²) in [5, 5.41) is 8.93. The minimum absolute atomic E-state index is 0.0640. The Balaban J connectivity index is 2.15. The van der Waals surface area contributed by atoms with Crippen LogP contribution < -0.4 is 0 Å². The van der Waals surface area contributed by atoms with E-state index < -0.39 is 0 Å². The highest BCUT2D eigenvalue weighted by Crippen LogP contribution is 2.11. The summed E-state index contributed by atoms with van der Waals surface area (Å²) in [6, 6.07) is 9.84. The van der Waals surface area contributed by atoms with Crippen molar-refractivity contribution in [2.75, 3.05) is 0 Å². The van der Waals surface area contributed by atoms with Crippen molar-refractivity contribution in [1.29, 1.82) is 0 Å². The lowest BCUT2D eigenvalue weighted by molar-refractivity contribution is 0.447. The third-order valence-corrected chi connectivity index (χ3v) is 1.74. The zero-order valence-electron chi connectivity index (χ0n) is 6.97. The Morgan fingerprint density at radius 3 is 2.62 bits per heavy atom. The average molecular weight is 175 g/mol. The number of rotatable bonds is 2. The molecular weight excluding hydrogens is 166 g/mol. The summed E-state index contributed by atoms with van der Waals surface area (Å²) < 4.78 is 5.01. The molecular formula is C10H9NO2. The second-order valence-electron chi connectivity index (χ2n) is 2.76. The summed E-state index contributed by atoms with van der Waals surface area (Å²) >= 11 is 0. The van der Waals surface area contributed by atoms with Gasteiger partial charge in [-0.25, -0.2) is 0 Å². The van der Waals surface area contributed by atoms with Crippen LogP contribution in [0.1, 0.15) is 11.5 Å². The average Bonchev–Trinajstić information content (AvgIpc) is 2.53. The van der Waals surface area contributed by atoms with E-state index in [-0.39, 0.29) is 5.88 Å². The van der Waals surface area contributed by atoms with E-state index in [1.807, 2.05) is 30.3 Å². The Bertz CT molecular complexity index is 381. The summed E-state index contributed by atoms with van der Waals surface area (Å²) in [5.41, 5.74) is 1.12. The van der Waals surface area contributed by atoms with E-state index in [9.17, 15) is 0 Å². The molecule has 0 amide bonds. The molecule has 3 nitrogen and oxygen atoms in total. The van der Waals surface area contributed by atoms with Crippen molar-refractivity contribution in [3.8, 4) is 5.88 Å². The SMILES string of the molecule is Oc1coc(Cc2ccccc2)n1. The first-order valence-electron chi connectivity index (χ1n) is 4.02. The fourth-order valence-corrected chi connectivity index (χ4v) is 1.15. The molecule has 0 aliphatic carbocycles. The summed E-state index contributed by atoms with van der Waals surface area (Å²) in [4.78, 5) is 3.79. The van der Waals surface area contributed by atoms with Crippen LogP contribution in [-0.4, -0.2) is 10.1 Å². The van der Waals surface area contributed by atoms with Gasteiger partial charge in [0.2, 0.25) is 11.8 Å². The minimum Gasteiger partial charge on any atom is -0.491 e. The molecule has 0 fully saturated rings. The van der Waals surface area contributed by atoms with Gasteiger partial charge in [-0.1, -0.05) is 30.3 Å². The maximum atomic E-state index is 8.93. The molecule has 1 heterocycles. The van der Waals surface area contributed by atoms with Gasteiger partial charge in [0.1, 0.15) is 0 Å². The molecule has 0 aliphatic heterocycles. The molecule has 1 N–H and O–H groups in total. The lowest BCUT2D eigenvalue weighted by atomic mass is 10.2. The van der Waals surface area contributed by atoms with Gasteiger partial charge in [0.05, 0.1) is 0 Å². The standard InChI is InChI=1S/C10H9NO2/c12-9-7-13-10(11-9)6-8-4-2-1-3-5-8/h1-5,7,12H,6H2. The number of aromatic hydroxyl groups is 1. The van der Waals surface area contributed by atoms with Crippen LogP contribution in [0.5, 0.6) is 5.88 Å². The molecule has 0 unspecified atom stereocenters. The lowest BCUT2D eigenvalue weighted by Gasteiger charge is -1.94. The van der Waals surface area contributed by atoms with E-state index in [0.29, 0.717) is 12.3 Å². The van der Waals surface area contributed by atoms with E-state index in [1.165, 1.54) is 6.26 Å². The van der Waals surface area contributed by atoms with Crippen molar-refractivity contribution in [3.63, 3.8) is 0 Å². The Labute approximate surface area is 75.7 Å². The lowest BCUT2D eigenvalue weighted by Crippen LogP contribution is -1.86. The highest BCUT2D eigenvalue weighted by atomic mass is 16.4. The minimum atomic E-state index is -0.0640. The van der Waals surface area contributed by atoms with Crippen molar-refractivity contribution < 1.29 is 9.52 Å². The van der Waals surface area contributed by atoms with Gasteiger partial charge >= 0.3 is 0 Å².